The van der Waals surface area contributed by atoms with Crippen LogP contribution in [0.3, 0.4) is 0 Å². The van der Waals surface area contributed by atoms with Crippen molar-refractivity contribution in [1.29, 1.82) is 0 Å². The van der Waals surface area contributed by atoms with E-state index in [0.29, 0.717) is 56.4 Å². The van der Waals surface area contributed by atoms with Crippen LogP contribution in [0.25, 0.3) is 11.1 Å². The number of nitrogen functional groups attached to an aromatic ring is 1. The molecule has 2 aromatic carbocycles. The summed E-state index contributed by atoms with van der Waals surface area (Å²) in [5.74, 6) is -0.0312. The molecule has 3 heterocycles. The fourth-order valence-electron chi connectivity index (χ4n) is 5.95. The smallest absolute Gasteiger partial charge is 0.429 e. The highest BCUT2D eigenvalue weighted by Gasteiger charge is 2.46. The standard InChI is InChI=1S/C31H34Cl2F3N5O4/c1-3-43-24-8-5-18(13-22(24)33)21-14-19(32)6-7-20(21)27(31(34,35)36)45-26-15-25(39-29(37)40-26)41-11-9-30(10-12-41)16-23(38-17-30)28(42)44-4-2/h5-8,13-15,23,27,38H,3-4,9-12,16-17H2,1-2H3,(H2,37,39,40)/t23-,27+/m0/s1. The molecule has 0 radical (unpaired) electrons. The number of hydrogen-bond donors (Lipinski definition) is 2. The van der Waals surface area contributed by atoms with Crippen molar-refractivity contribution in [2.45, 2.75) is 51.4 Å². The van der Waals surface area contributed by atoms with Gasteiger partial charge < -0.3 is 30.2 Å². The Labute approximate surface area is 269 Å². The molecule has 0 saturated carbocycles. The summed E-state index contributed by atoms with van der Waals surface area (Å²) in [5, 5.41) is 3.75. The van der Waals surface area contributed by atoms with Crippen molar-refractivity contribution in [3.63, 3.8) is 0 Å². The number of nitrogens with two attached hydrogens (primary N) is 1. The number of aromatic nitrogens is 2. The molecule has 2 saturated heterocycles. The number of anilines is 2. The van der Waals surface area contributed by atoms with E-state index in [1.54, 1.807) is 26.0 Å². The third-order valence-electron chi connectivity index (χ3n) is 8.16. The summed E-state index contributed by atoms with van der Waals surface area (Å²) >= 11 is 12.6. The minimum atomic E-state index is -4.83. The molecule has 5 rings (SSSR count). The fourth-order valence-corrected chi connectivity index (χ4v) is 6.35. The summed E-state index contributed by atoms with van der Waals surface area (Å²) in [7, 11) is 0. The van der Waals surface area contributed by atoms with E-state index in [9.17, 15) is 18.0 Å². The van der Waals surface area contributed by atoms with Crippen LogP contribution in [0.4, 0.5) is 24.9 Å². The molecule has 0 amide bonds. The summed E-state index contributed by atoms with van der Waals surface area (Å²) in [5.41, 5.74) is 6.28. The lowest BCUT2D eigenvalue weighted by molar-refractivity contribution is -0.198. The van der Waals surface area contributed by atoms with Gasteiger partial charge in [0.15, 0.2) is 0 Å². The molecule has 2 fully saturated rings. The van der Waals surface area contributed by atoms with Crippen LogP contribution in [0.1, 0.15) is 44.8 Å². The van der Waals surface area contributed by atoms with Gasteiger partial charge >= 0.3 is 12.1 Å². The van der Waals surface area contributed by atoms with Gasteiger partial charge in [0.05, 0.1) is 18.2 Å². The lowest BCUT2D eigenvalue weighted by Crippen LogP contribution is -2.41. The molecule has 9 nitrogen and oxygen atoms in total. The summed E-state index contributed by atoms with van der Waals surface area (Å²) in [4.78, 5) is 22.4. The monoisotopic (exact) mass is 667 g/mol. The average molecular weight is 669 g/mol. The van der Waals surface area contributed by atoms with Crippen LogP contribution >= 0.6 is 23.2 Å². The van der Waals surface area contributed by atoms with Gasteiger partial charge in [-0.2, -0.15) is 23.1 Å². The van der Waals surface area contributed by atoms with E-state index in [1.165, 1.54) is 30.3 Å². The predicted molar refractivity (Wildman–Crippen MR) is 166 cm³/mol. The zero-order valence-electron chi connectivity index (χ0n) is 24.8. The van der Waals surface area contributed by atoms with Crippen LogP contribution in [0.2, 0.25) is 10.0 Å². The largest absolute Gasteiger partial charge is 0.492 e. The van der Waals surface area contributed by atoms with Crippen LogP contribution in [-0.2, 0) is 9.53 Å². The quantitative estimate of drug-likeness (QED) is 0.243. The summed E-state index contributed by atoms with van der Waals surface area (Å²) in [6.07, 6.45) is -5.08. The van der Waals surface area contributed by atoms with Gasteiger partial charge in [0.2, 0.25) is 17.9 Å². The first kappa shape index (κ1) is 32.9. The van der Waals surface area contributed by atoms with Gasteiger partial charge in [0.1, 0.15) is 17.6 Å². The number of halogens is 5. The first-order valence-corrected chi connectivity index (χ1v) is 15.4. The normalized spacial score (nSPS) is 18.6. The second kappa shape index (κ2) is 13.5. The molecule has 45 heavy (non-hydrogen) atoms. The molecule has 242 valence electrons. The molecule has 0 unspecified atom stereocenters. The Morgan fingerprint density at radius 3 is 2.53 bits per heavy atom. The van der Waals surface area contributed by atoms with Crippen molar-refractivity contribution in [2.75, 3.05) is 43.5 Å². The highest BCUT2D eigenvalue weighted by Crippen LogP contribution is 2.44. The number of rotatable bonds is 9. The zero-order chi connectivity index (χ0) is 32.4. The number of hydrogen-bond acceptors (Lipinski definition) is 9. The average Bonchev–Trinajstić information content (AvgIpc) is 3.40. The van der Waals surface area contributed by atoms with Crippen LogP contribution < -0.4 is 25.4 Å². The summed E-state index contributed by atoms with van der Waals surface area (Å²) < 4.78 is 60.2. The van der Waals surface area contributed by atoms with Crippen molar-refractivity contribution in [3.8, 4) is 22.8 Å². The van der Waals surface area contributed by atoms with Crippen molar-refractivity contribution in [3.05, 3.63) is 58.1 Å². The molecule has 1 aromatic heterocycles. The minimum Gasteiger partial charge on any atom is -0.492 e. The molecular weight excluding hydrogens is 634 g/mol. The van der Waals surface area contributed by atoms with Gasteiger partial charge in [-0.25, -0.2) is 0 Å². The number of alkyl halides is 3. The Bertz CT molecular complexity index is 1540. The maximum absolute atomic E-state index is 14.7. The molecule has 2 aliphatic rings. The Hall–Kier alpha value is -3.48. The molecular formula is C31H34Cl2F3N5O4. The molecule has 0 bridgehead atoms. The SMILES string of the molecule is CCOC(=O)[C@@H]1CC2(CCN(c3cc(O[C@H](c4ccc(Cl)cc4-c4ccc(OCC)c(Cl)c4)C(F)(F)F)nc(N)n3)CC2)CN1. The third-order valence-corrected chi connectivity index (χ3v) is 8.69. The van der Waals surface area contributed by atoms with E-state index in [-0.39, 0.29) is 50.4 Å². The second-order valence-corrected chi connectivity index (χ2v) is 12.0. The van der Waals surface area contributed by atoms with Gasteiger partial charge in [0.25, 0.3) is 0 Å². The summed E-state index contributed by atoms with van der Waals surface area (Å²) in [6.45, 7) is 6.08. The van der Waals surface area contributed by atoms with E-state index < -0.39 is 12.3 Å². The number of esters is 1. The Balaban J connectivity index is 1.38. The van der Waals surface area contributed by atoms with E-state index >= 15 is 0 Å². The van der Waals surface area contributed by atoms with Gasteiger partial charge in [-0.1, -0.05) is 35.3 Å². The molecule has 14 heteroatoms. The van der Waals surface area contributed by atoms with Gasteiger partial charge in [-0.05, 0) is 73.9 Å². The van der Waals surface area contributed by atoms with Gasteiger partial charge in [0, 0.05) is 36.3 Å². The molecule has 3 N–H and O–H groups in total. The van der Waals surface area contributed by atoms with E-state index in [1.807, 2.05) is 4.90 Å². The molecule has 0 aliphatic carbocycles. The van der Waals surface area contributed by atoms with Crippen LogP contribution in [-0.4, -0.2) is 61.0 Å². The third kappa shape index (κ3) is 7.50. The van der Waals surface area contributed by atoms with Crippen molar-refractivity contribution in [2.24, 2.45) is 5.41 Å². The number of carbonyl (C=O) groups is 1. The van der Waals surface area contributed by atoms with Gasteiger partial charge in [-0.15, -0.1) is 0 Å². The van der Waals surface area contributed by atoms with Crippen molar-refractivity contribution < 1.29 is 32.2 Å². The van der Waals surface area contributed by atoms with Crippen molar-refractivity contribution >= 4 is 40.9 Å². The first-order valence-electron chi connectivity index (χ1n) is 14.7. The van der Waals surface area contributed by atoms with Crippen molar-refractivity contribution in [1.82, 2.24) is 15.3 Å². The van der Waals surface area contributed by atoms with Crippen LogP contribution in [0.5, 0.6) is 11.6 Å². The number of nitrogens with one attached hydrogen (secondary N) is 1. The Morgan fingerprint density at radius 1 is 1.11 bits per heavy atom. The fraction of sp³-hybridized carbons (Fsp3) is 0.452. The number of ether oxygens (including phenoxy) is 3. The Kier molecular flexibility index (Phi) is 9.85. The van der Waals surface area contributed by atoms with E-state index in [4.69, 9.17) is 43.1 Å². The lowest BCUT2D eigenvalue weighted by atomic mass is 9.76. The van der Waals surface area contributed by atoms with Gasteiger partial charge in [-0.3, -0.25) is 4.79 Å². The number of piperidine rings is 1. The van der Waals surface area contributed by atoms with Crippen LogP contribution in [0.15, 0.2) is 42.5 Å². The molecule has 2 aliphatic heterocycles. The zero-order valence-corrected chi connectivity index (χ0v) is 26.3. The number of carbonyl (C=O) groups excluding carboxylic acids is 1. The highest BCUT2D eigenvalue weighted by molar-refractivity contribution is 6.32. The highest BCUT2D eigenvalue weighted by atomic mass is 35.5. The second-order valence-electron chi connectivity index (χ2n) is 11.1. The Morgan fingerprint density at radius 2 is 1.87 bits per heavy atom. The topological polar surface area (TPSA) is 112 Å². The first-order chi connectivity index (χ1) is 21.4. The molecule has 2 atom stereocenters. The molecule has 3 aromatic rings. The minimum absolute atomic E-state index is 0.0814. The van der Waals surface area contributed by atoms with E-state index in [0.717, 1.165) is 12.8 Å². The maximum atomic E-state index is 14.7. The predicted octanol–water partition coefficient (Wildman–Crippen LogP) is 6.63. The van der Waals surface area contributed by atoms with Crippen LogP contribution in [0, 0.1) is 5.41 Å². The lowest BCUT2D eigenvalue weighted by Gasteiger charge is -2.39. The number of nitrogens with zero attached hydrogens (tertiary/aromatic N) is 3. The summed E-state index contributed by atoms with van der Waals surface area (Å²) in [6, 6.07) is 9.81. The molecule has 1 spiro atoms. The van der Waals surface area contributed by atoms with E-state index in [2.05, 4.69) is 15.3 Å². The number of benzene rings is 2. The maximum Gasteiger partial charge on any atom is 0.429 e.